The Morgan fingerprint density at radius 1 is 1.38 bits per heavy atom. The molecule has 2 heterocycles. The number of aromatic nitrogens is 4. The third-order valence-electron chi connectivity index (χ3n) is 2.92. The molecule has 0 unspecified atom stereocenters. The molecule has 0 aliphatic carbocycles. The van der Waals surface area contributed by atoms with E-state index in [1.807, 2.05) is 20.8 Å². The molecule has 8 heteroatoms. The minimum atomic E-state index is -0.365. The number of amides is 1. The van der Waals surface area contributed by atoms with E-state index in [-0.39, 0.29) is 24.4 Å². The second-order valence-electron chi connectivity index (χ2n) is 5.29. The van der Waals surface area contributed by atoms with Crippen LogP contribution in [0.25, 0.3) is 0 Å². The molecule has 2 aromatic heterocycles. The molecule has 21 heavy (non-hydrogen) atoms. The summed E-state index contributed by atoms with van der Waals surface area (Å²) in [6.07, 6.45) is 0. The smallest absolute Gasteiger partial charge is 0.242 e. The van der Waals surface area contributed by atoms with Crippen LogP contribution < -0.4 is 11.1 Å². The molecule has 8 nitrogen and oxygen atoms in total. The van der Waals surface area contributed by atoms with Crippen molar-refractivity contribution in [2.24, 2.45) is 0 Å². The van der Waals surface area contributed by atoms with Gasteiger partial charge >= 0.3 is 0 Å². The van der Waals surface area contributed by atoms with Crippen LogP contribution in [0.4, 0.5) is 5.82 Å². The van der Waals surface area contributed by atoms with E-state index < -0.39 is 0 Å². The summed E-state index contributed by atoms with van der Waals surface area (Å²) in [6, 6.07) is 1.35. The van der Waals surface area contributed by atoms with Crippen molar-refractivity contribution in [1.29, 1.82) is 0 Å². The Labute approximate surface area is 122 Å². The standard InChI is InChI=1S/C13H20N6O2/c1-7(2)12-16-17-13(21-12)9(4)15-11(20)6-19-10(14)5-8(3)18-19/h5,7,9H,6,14H2,1-4H3,(H,15,20)/t9-/m0/s1. The summed E-state index contributed by atoms with van der Waals surface area (Å²) in [5, 5.41) is 14.8. The van der Waals surface area contributed by atoms with Crippen molar-refractivity contribution >= 4 is 11.7 Å². The van der Waals surface area contributed by atoms with Crippen LogP contribution in [-0.4, -0.2) is 25.9 Å². The summed E-state index contributed by atoms with van der Waals surface area (Å²) in [5.41, 5.74) is 6.52. The summed E-state index contributed by atoms with van der Waals surface area (Å²) in [5.74, 6) is 1.33. The molecule has 0 fully saturated rings. The van der Waals surface area contributed by atoms with Crippen LogP contribution in [-0.2, 0) is 11.3 Å². The molecule has 1 amide bonds. The van der Waals surface area contributed by atoms with Crippen molar-refractivity contribution in [1.82, 2.24) is 25.3 Å². The molecule has 0 radical (unpaired) electrons. The van der Waals surface area contributed by atoms with E-state index in [9.17, 15) is 4.79 Å². The number of carbonyl (C=O) groups excluding carboxylic acids is 1. The zero-order chi connectivity index (χ0) is 15.6. The zero-order valence-electron chi connectivity index (χ0n) is 12.6. The molecule has 0 aliphatic rings. The average molecular weight is 292 g/mol. The fourth-order valence-electron chi connectivity index (χ4n) is 1.83. The van der Waals surface area contributed by atoms with E-state index in [0.29, 0.717) is 17.6 Å². The zero-order valence-corrected chi connectivity index (χ0v) is 12.6. The van der Waals surface area contributed by atoms with Gasteiger partial charge < -0.3 is 15.5 Å². The molecule has 2 rings (SSSR count). The molecule has 0 bridgehead atoms. The van der Waals surface area contributed by atoms with Crippen molar-refractivity contribution in [3.05, 3.63) is 23.5 Å². The number of carbonyl (C=O) groups is 1. The highest BCUT2D eigenvalue weighted by atomic mass is 16.4. The van der Waals surface area contributed by atoms with Gasteiger partial charge in [-0.05, 0) is 13.8 Å². The lowest BCUT2D eigenvalue weighted by atomic mass is 10.2. The molecular weight excluding hydrogens is 272 g/mol. The molecule has 1 atom stereocenters. The third-order valence-corrected chi connectivity index (χ3v) is 2.92. The van der Waals surface area contributed by atoms with Crippen molar-refractivity contribution in [2.45, 2.75) is 46.2 Å². The van der Waals surface area contributed by atoms with Crippen molar-refractivity contribution in [3.63, 3.8) is 0 Å². The second kappa shape index (κ2) is 5.94. The number of rotatable bonds is 5. The van der Waals surface area contributed by atoms with E-state index in [4.69, 9.17) is 10.2 Å². The van der Waals surface area contributed by atoms with Gasteiger partial charge in [0.15, 0.2) is 0 Å². The maximum atomic E-state index is 12.0. The first-order valence-corrected chi connectivity index (χ1v) is 6.79. The fraction of sp³-hybridized carbons (Fsp3) is 0.538. The van der Waals surface area contributed by atoms with Crippen LogP contribution in [0.5, 0.6) is 0 Å². The van der Waals surface area contributed by atoms with Crippen LogP contribution in [0, 0.1) is 6.92 Å². The van der Waals surface area contributed by atoms with Crippen LogP contribution >= 0.6 is 0 Å². The van der Waals surface area contributed by atoms with E-state index in [2.05, 4.69) is 20.6 Å². The van der Waals surface area contributed by atoms with Gasteiger partial charge in [-0.15, -0.1) is 10.2 Å². The minimum absolute atomic E-state index is 0.0508. The van der Waals surface area contributed by atoms with E-state index in [1.165, 1.54) is 4.68 Å². The fourth-order valence-corrected chi connectivity index (χ4v) is 1.83. The number of nitrogen functional groups attached to an aromatic ring is 1. The highest BCUT2D eigenvalue weighted by Gasteiger charge is 2.18. The van der Waals surface area contributed by atoms with Gasteiger partial charge in [-0.25, -0.2) is 4.68 Å². The highest BCUT2D eigenvalue weighted by molar-refractivity contribution is 5.76. The molecular formula is C13H20N6O2. The molecule has 0 aliphatic heterocycles. The van der Waals surface area contributed by atoms with E-state index in [1.54, 1.807) is 13.0 Å². The molecule has 0 aromatic carbocycles. The number of nitrogens with one attached hydrogen (secondary N) is 1. The van der Waals surface area contributed by atoms with Crippen molar-refractivity contribution in [3.8, 4) is 0 Å². The van der Waals surface area contributed by atoms with Gasteiger partial charge in [0, 0.05) is 12.0 Å². The van der Waals surface area contributed by atoms with Crippen LogP contribution in [0.3, 0.4) is 0 Å². The predicted molar refractivity (Wildman–Crippen MR) is 76.3 cm³/mol. The van der Waals surface area contributed by atoms with Crippen LogP contribution in [0.2, 0.25) is 0 Å². The second-order valence-corrected chi connectivity index (χ2v) is 5.29. The summed E-state index contributed by atoms with van der Waals surface area (Å²) in [6.45, 7) is 7.58. The maximum absolute atomic E-state index is 12.0. The number of nitrogens with two attached hydrogens (primary N) is 1. The number of hydrogen-bond donors (Lipinski definition) is 2. The summed E-state index contributed by atoms with van der Waals surface area (Å²) >= 11 is 0. The van der Waals surface area contributed by atoms with Gasteiger partial charge in [-0.3, -0.25) is 4.79 Å². The monoisotopic (exact) mass is 292 g/mol. The Kier molecular flexibility index (Phi) is 4.25. The average Bonchev–Trinajstić information content (AvgIpc) is 2.97. The first-order chi connectivity index (χ1) is 9.86. The summed E-state index contributed by atoms with van der Waals surface area (Å²) in [4.78, 5) is 12.0. The molecule has 2 aromatic rings. The van der Waals surface area contributed by atoms with Gasteiger partial charge in [0.2, 0.25) is 17.7 Å². The Hall–Kier alpha value is -2.38. The number of hydrogen-bond acceptors (Lipinski definition) is 6. The van der Waals surface area contributed by atoms with E-state index >= 15 is 0 Å². The van der Waals surface area contributed by atoms with Gasteiger partial charge in [0.1, 0.15) is 18.4 Å². The number of aryl methyl sites for hydroxylation is 1. The normalized spacial score (nSPS) is 12.6. The van der Waals surface area contributed by atoms with Crippen LogP contribution in [0.1, 0.15) is 50.2 Å². The molecule has 0 spiro atoms. The van der Waals surface area contributed by atoms with Gasteiger partial charge in [0.05, 0.1) is 5.69 Å². The Balaban J connectivity index is 1.96. The molecule has 114 valence electrons. The topological polar surface area (TPSA) is 112 Å². The quantitative estimate of drug-likeness (QED) is 0.855. The Bertz CT molecular complexity index is 630. The lowest BCUT2D eigenvalue weighted by Crippen LogP contribution is -2.31. The number of nitrogens with zero attached hydrogens (tertiary/aromatic N) is 4. The van der Waals surface area contributed by atoms with Gasteiger partial charge in [0.25, 0.3) is 0 Å². The summed E-state index contributed by atoms with van der Waals surface area (Å²) in [7, 11) is 0. The van der Waals surface area contributed by atoms with E-state index in [0.717, 1.165) is 5.69 Å². The maximum Gasteiger partial charge on any atom is 0.242 e. The highest BCUT2D eigenvalue weighted by Crippen LogP contribution is 2.16. The minimum Gasteiger partial charge on any atom is -0.423 e. The van der Waals surface area contributed by atoms with Crippen molar-refractivity contribution in [2.75, 3.05) is 5.73 Å². The molecule has 0 saturated carbocycles. The molecule has 0 saturated heterocycles. The van der Waals surface area contributed by atoms with Gasteiger partial charge in [-0.1, -0.05) is 13.8 Å². The third kappa shape index (κ3) is 3.59. The van der Waals surface area contributed by atoms with Gasteiger partial charge in [-0.2, -0.15) is 5.10 Å². The first kappa shape index (κ1) is 15.0. The predicted octanol–water partition coefficient (Wildman–Crippen LogP) is 1.16. The lowest BCUT2D eigenvalue weighted by molar-refractivity contribution is -0.122. The lowest BCUT2D eigenvalue weighted by Gasteiger charge is -2.10. The SMILES string of the molecule is Cc1cc(N)n(CC(=O)N[C@@H](C)c2nnc(C(C)C)o2)n1. The van der Waals surface area contributed by atoms with Crippen molar-refractivity contribution < 1.29 is 9.21 Å². The first-order valence-electron chi connectivity index (χ1n) is 6.79. The summed E-state index contributed by atoms with van der Waals surface area (Å²) < 4.78 is 6.95. The largest absolute Gasteiger partial charge is 0.423 e. The Morgan fingerprint density at radius 2 is 2.05 bits per heavy atom. The Morgan fingerprint density at radius 3 is 2.57 bits per heavy atom. The number of anilines is 1. The van der Waals surface area contributed by atoms with Crippen LogP contribution in [0.15, 0.2) is 10.5 Å². The molecule has 3 N–H and O–H groups in total.